The van der Waals surface area contributed by atoms with E-state index in [9.17, 15) is 24.3 Å². The monoisotopic (exact) mass is 498 g/mol. The highest BCUT2D eigenvalue weighted by molar-refractivity contribution is 5.99. The lowest BCUT2D eigenvalue weighted by Gasteiger charge is -2.33. The van der Waals surface area contributed by atoms with E-state index in [4.69, 9.17) is 14.6 Å². The zero-order valence-electron chi connectivity index (χ0n) is 20.8. The summed E-state index contributed by atoms with van der Waals surface area (Å²) in [5, 5.41) is 19.4. The Kier molecular flexibility index (Phi) is 11.1. The fraction of sp³-hybridized carbons (Fsp3) is 0.429. The molecule has 8 heteroatoms. The first kappa shape index (κ1) is 28.6. The molecule has 0 aliphatic carbocycles. The Bertz CT molecular complexity index is 1000. The summed E-state index contributed by atoms with van der Waals surface area (Å²) in [5.41, 5.74) is -0.915. The molecule has 0 saturated heterocycles. The molecular weight excluding hydrogens is 464 g/mol. The lowest BCUT2D eigenvalue weighted by Crippen LogP contribution is -2.40. The highest BCUT2D eigenvalue weighted by atomic mass is 16.5. The quantitative estimate of drug-likeness (QED) is 0.253. The SMILES string of the molecule is COC(=O)c1ccccc1C(CCCCCCCCCC(=O)O)(C(=O)O)c1ccccc1C(=O)OC. The van der Waals surface area contributed by atoms with Crippen molar-refractivity contribution in [1.29, 1.82) is 0 Å². The second kappa shape index (κ2) is 14.0. The topological polar surface area (TPSA) is 127 Å². The maximum Gasteiger partial charge on any atom is 0.338 e. The second-order valence-electron chi connectivity index (χ2n) is 8.65. The van der Waals surface area contributed by atoms with Crippen molar-refractivity contribution in [3.05, 3.63) is 70.8 Å². The molecule has 36 heavy (non-hydrogen) atoms. The predicted molar refractivity (Wildman–Crippen MR) is 133 cm³/mol. The highest BCUT2D eigenvalue weighted by Crippen LogP contribution is 2.41. The molecule has 0 amide bonds. The first-order chi connectivity index (χ1) is 17.3. The second-order valence-corrected chi connectivity index (χ2v) is 8.65. The van der Waals surface area contributed by atoms with Crippen molar-refractivity contribution >= 4 is 23.9 Å². The van der Waals surface area contributed by atoms with E-state index in [1.165, 1.54) is 26.4 Å². The third kappa shape index (κ3) is 6.93. The lowest BCUT2D eigenvalue weighted by atomic mass is 9.68. The molecule has 0 aromatic heterocycles. The Labute approximate surface area is 211 Å². The van der Waals surface area contributed by atoms with Gasteiger partial charge in [0, 0.05) is 6.42 Å². The molecule has 0 fully saturated rings. The van der Waals surface area contributed by atoms with Crippen LogP contribution in [0.5, 0.6) is 0 Å². The van der Waals surface area contributed by atoms with Crippen LogP contribution < -0.4 is 0 Å². The number of carbonyl (C=O) groups excluding carboxylic acids is 2. The number of rotatable bonds is 15. The van der Waals surface area contributed by atoms with Crippen molar-refractivity contribution in [3.63, 3.8) is 0 Å². The summed E-state index contributed by atoms with van der Waals surface area (Å²) >= 11 is 0. The molecule has 2 aromatic rings. The molecule has 0 aliphatic rings. The molecule has 0 unspecified atom stereocenters. The molecule has 0 aliphatic heterocycles. The number of esters is 2. The number of carbonyl (C=O) groups is 4. The zero-order chi connectivity index (χ0) is 26.6. The van der Waals surface area contributed by atoms with Crippen LogP contribution in [-0.4, -0.2) is 48.3 Å². The van der Waals surface area contributed by atoms with E-state index in [0.717, 1.165) is 32.1 Å². The van der Waals surface area contributed by atoms with Gasteiger partial charge in [-0.3, -0.25) is 9.59 Å². The van der Waals surface area contributed by atoms with Crippen molar-refractivity contribution in [2.75, 3.05) is 14.2 Å². The van der Waals surface area contributed by atoms with Crippen LogP contribution in [0.3, 0.4) is 0 Å². The van der Waals surface area contributed by atoms with E-state index in [-0.39, 0.29) is 35.1 Å². The fourth-order valence-corrected chi connectivity index (χ4v) is 4.59. The molecule has 194 valence electrons. The van der Waals surface area contributed by atoms with Gasteiger partial charge < -0.3 is 19.7 Å². The summed E-state index contributed by atoms with van der Waals surface area (Å²) in [7, 11) is 2.47. The molecule has 2 N–H and O–H groups in total. The number of aliphatic carboxylic acids is 2. The fourth-order valence-electron chi connectivity index (χ4n) is 4.59. The number of ether oxygens (including phenoxy) is 2. The van der Waals surface area contributed by atoms with Crippen LogP contribution in [0.25, 0.3) is 0 Å². The molecular formula is C28H34O8. The van der Waals surface area contributed by atoms with Crippen molar-refractivity contribution in [1.82, 2.24) is 0 Å². The van der Waals surface area contributed by atoms with E-state index in [2.05, 4.69) is 0 Å². The van der Waals surface area contributed by atoms with Gasteiger partial charge in [0.15, 0.2) is 0 Å². The van der Waals surface area contributed by atoms with Crippen molar-refractivity contribution in [3.8, 4) is 0 Å². The molecule has 2 rings (SSSR count). The number of benzene rings is 2. The van der Waals surface area contributed by atoms with Gasteiger partial charge in [-0.25, -0.2) is 9.59 Å². The molecule has 0 spiro atoms. The Morgan fingerprint density at radius 3 is 1.50 bits per heavy atom. The van der Waals surface area contributed by atoms with Crippen molar-refractivity contribution in [2.45, 2.75) is 63.2 Å². The van der Waals surface area contributed by atoms with Crippen molar-refractivity contribution in [2.24, 2.45) is 0 Å². The van der Waals surface area contributed by atoms with Gasteiger partial charge in [-0.05, 0) is 36.1 Å². The van der Waals surface area contributed by atoms with Crippen LogP contribution in [-0.2, 0) is 24.5 Å². The maximum absolute atomic E-state index is 13.1. The van der Waals surface area contributed by atoms with Gasteiger partial charge in [0.2, 0.25) is 0 Å². The average Bonchev–Trinajstić information content (AvgIpc) is 2.88. The molecule has 0 heterocycles. The Hall–Kier alpha value is -3.68. The summed E-state index contributed by atoms with van der Waals surface area (Å²) in [4.78, 5) is 48.9. The summed E-state index contributed by atoms with van der Waals surface area (Å²) < 4.78 is 9.86. The van der Waals surface area contributed by atoms with Crippen LogP contribution >= 0.6 is 0 Å². The number of hydrogen-bond donors (Lipinski definition) is 2. The molecule has 2 aromatic carbocycles. The van der Waals surface area contributed by atoms with E-state index in [1.807, 2.05) is 0 Å². The molecule has 0 atom stereocenters. The van der Waals surface area contributed by atoms with Gasteiger partial charge in [-0.1, -0.05) is 74.9 Å². The molecule has 8 nitrogen and oxygen atoms in total. The Morgan fingerprint density at radius 2 is 1.08 bits per heavy atom. The van der Waals surface area contributed by atoms with Crippen LogP contribution in [0.2, 0.25) is 0 Å². The standard InChI is InChI=1S/C28H34O8/c1-35-25(31)20-14-9-11-16-22(20)28(27(33)34,23-17-12-10-15-21(23)26(32)36-2)19-13-7-5-3-4-6-8-18-24(29)30/h9-12,14-17H,3-8,13,18-19H2,1-2H3,(H,29,30)(H,33,34). The van der Waals surface area contributed by atoms with Crippen molar-refractivity contribution < 1.29 is 38.9 Å². The summed E-state index contributed by atoms with van der Waals surface area (Å²) in [6.07, 6.45) is 5.77. The normalized spacial score (nSPS) is 11.1. The third-order valence-electron chi connectivity index (χ3n) is 6.39. The summed E-state index contributed by atoms with van der Waals surface area (Å²) in [6, 6.07) is 12.8. The molecule has 0 saturated carbocycles. The summed E-state index contributed by atoms with van der Waals surface area (Å²) in [6.45, 7) is 0. The third-order valence-corrected chi connectivity index (χ3v) is 6.39. The van der Waals surface area contributed by atoms with Gasteiger partial charge in [-0.15, -0.1) is 0 Å². The number of methoxy groups -OCH3 is 2. The molecule has 0 radical (unpaired) electrons. The minimum absolute atomic E-state index is 0.125. The highest BCUT2D eigenvalue weighted by Gasteiger charge is 2.46. The van der Waals surface area contributed by atoms with Gasteiger partial charge in [0.25, 0.3) is 0 Å². The maximum atomic E-state index is 13.1. The number of carboxylic acid groups (broad SMARTS) is 2. The van der Waals surface area contributed by atoms with E-state index in [0.29, 0.717) is 12.8 Å². The van der Waals surface area contributed by atoms with Gasteiger partial charge in [-0.2, -0.15) is 0 Å². The number of hydrogen-bond acceptors (Lipinski definition) is 6. The number of carboxylic acids is 2. The van der Waals surface area contributed by atoms with Crippen LogP contribution in [0, 0.1) is 0 Å². The summed E-state index contributed by atoms with van der Waals surface area (Å²) in [5.74, 6) is -3.29. The van der Waals surface area contributed by atoms with Gasteiger partial charge in [0.1, 0.15) is 5.41 Å². The Morgan fingerprint density at radius 1 is 0.667 bits per heavy atom. The van der Waals surface area contributed by atoms with E-state index in [1.54, 1.807) is 36.4 Å². The van der Waals surface area contributed by atoms with Crippen LogP contribution in [0.1, 0.15) is 89.6 Å². The molecule has 0 bridgehead atoms. The minimum atomic E-state index is -1.68. The predicted octanol–water partition coefficient (Wildman–Crippen LogP) is 5.23. The average molecular weight is 499 g/mol. The Balaban J connectivity index is 2.40. The van der Waals surface area contributed by atoms with E-state index >= 15 is 0 Å². The van der Waals surface area contributed by atoms with Crippen LogP contribution in [0.4, 0.5) is 0 Å². The smallest absolute Gasteiger partial charge is 0.338 e. The van der Waals surface area contributed by atoms with E-state index < -0.39 is 29.3 Å². The first-order valence-electron chi connectivity index (χ1n) is 12.1. The largest absolute Gasteiger partial charge is 0.481 e. The zero-order valence-corrected chi connectivity index (χ0v) is 20.8. The van der Waals surface area contributed by atoms with Gasteiger partial charge in [0.05, 0.1) is 25.3 Å². The van der Waals surface area contributed by atoms with Gasteiger partial charge >= 0.3 is 23.9 Å². The minimum Gasteiger partial charge on any atom is -0.481 e. The number of unbranched alkanes of at least 4 members (excludes halogenated alkanes) is 6. The van der Waals surface area contributed by atoms with Crippen LogP contribution in [0.15, 0.2) is 48.5 Å². The first-order valence-corrected chi connectivity index (χ1v) is 12.1. The lowest BCUT2D eigenvalue weighted by molar-refractivity contribution is -0.142.